The van der Waals surface area contributed by atoms with Gasteiger partial charge in [0.05, 0.1) is 6.20 Å². The fourth-order valence-corrected chi connectivity index (χ4v) is 1.98. The zero-order valence-electron chi connectivity index (χ0n) is 10.5. The van der Waals surface area contributed by atoms with Crippen LogP contribution >= 0.6 is 0 Å². The lowest BCUT2D eigenvalue weighted by Crippen LogP contribution is -2.25. The summed E-state index contributed by atoms with van der Waals surface area (Å²) in [6, 6.07) is 6.54. The molecule has 1 unspecified atom stereocenters. The van der Waals surface area contributed by atoms with E-state index < -0.39 is 0 Å². The van der Waals surface area contributed by atoms with Gasteiger partial charge in [0.1, 0.15) is 5.82 Å². The highest BCUT2D eigenvalue weighted by atomic mass is 19.1. The predicted octanol–water partition coefficient (Wildman–Crippen LogP) is 2.15. The van der Waals surface area contributed by atoms with Crippen molar-refractivity contribution in [3.05, 3.63) is 53.6 Å². The van der Waals surface area contributed by atoms with E-state index in [0.29, 0.717) is 0 Å². The van der Waals surface area contributed by atoms with Crippen molar-refractivity contribution in [2.45, 2.75) is 32.4 Å². The van der Waals surface area contributed by atoms with Crippen molar-refractivity contribution in [2.75, 3.05) is 0 Å². The van der Waals surface area contributed by atoms with Crippen molar-refractivity contribution in [3.8, 4) is 0 Å². The smallest absolute Gasteiger partial charge is 0.123 e. The fraction of sp³-hybridized carbons (Fsp3) is 0.357. The topological polar surface area (TPSA) is 43.8 Å². The van der Waals surface area contributed by atoms with Crippen LogP contribution in [0, 0.1) is 5.82 Å². The Morgan fingerprint density at radius 1 is 1.22 bits per heavy atom. The second kappa shape index (κ2) is 5.78. The Balaban J connectivity index is 1.91. The number of nitrogens with zero attached hydrogens (tertiary/aromatic N) is 2. The summed E-state index contributed by atoms with van der Waals surface area (Å²) in [5.41, 5.74) is 8.30. The third-order valence-corrected chi connectivity index (χ3v) is 2.92. The number of hydrogen-bond acceptors (Lipinski definition) is 2. The summed E-state index contributed by atoms with van der Waals surface area (Å²) in [5, 5.41) is 4.22. The molecule has 3 nitrogen and oxygen atoms in total. The maximum Gasteiger partial charge on any atom is 0.123 e. The quantitative estimate of drug-likeness (QED) is 0.879. The van der Waals surface area contributed by atoms with Gasteiger partial charge in [-0.15, -0.1) is 0 Å². The fourth-order valence-electron chi connectivity index (χ4n) is 1.98. The molecule has 0 fully saturated rings. The Kier molecular flexibility index (Phi) is 4.10. The SMILES string of the molecule is CCn1cc(CC(N)Cc2ccc(F)cc2)cn1. The first-order valence-corrected chi connectivity index (χ1v) is 6.18. The standard InChI is InChI=1S/C14H18FN3/c1-2-18-10-12(9-17-18)8-14(16)7-11-3-5-13(15)6-4-11/h3-6,9-10,14H,2,7-8,16H2,1H3. The summed E-state index contributed by atoms with van der Waals surface area (Å²) in [6.07, 6.45) is 5.41. The Morgan fingerprint density at radius 3 is 2.50 bits per heavy atom. The minimum absolute atomic E-state index is 0.0324. The van der Waals surface area contributed by atoms with E-state index in [1.165, 1.54) is 12.1 Å². The lowest BCUT2D eigenvalue weighted by molar-refractivity contribution is 0.623. The number of aromatic nitrogens is 2. The van der Waals surface area contributed by atoms with Gasteiger partial charge in [-0.25, -0.2) is 4.39 Å². The minimum atomic E-state index is -0.212. The minimum Gasteiger partial charge on any atom is -0.327 e. The van der Waals surface area contributed by atoms with E-state index in [-0.39, 0.29) is 11.9 Å². The van der Waals surface area contributed by atoms with E-state index in [2.05, 4.69) is 12.0 Å². The van der Waals surface area contributed by atoms with E-state index in [0.717, 1.165) is 30.5 Å². The molecule has 1 heterocycles. The van der Waals surface area contributed by atoms with Crippen LogP contribution in [-0.4, -0.2) is 15.8 Å². The number of rotatable bonds is 5. The molecular formula is C14H18FN3. The molecule has 2 rings (SSSR count). The van der Waals surface area contributed by atoms with Crippen LogP contribution < -0.4 is 5.73 Å². The van der Waals surface area contributed by atoms with E-state index in [9.17, 15) is 4.39 Å². The number of benzene rings is 1. The Hall–Kier alpha value is -1.68. The lowest BCUT2D eigenvalue weighted by atomic mass is 10.0. The van der Waals surface area contributed by atoms with Gasteiger partial charge >= 0.3 is 0 Å². The Morgan fingerprint density at radius 2 is 1.89 bits per heavy atom. The van der Waals surface area contributed by atoms with Crippen LogP contribution in [0.4, 0.5) is 4.39 Å². The van der Waals surface area contributed by atoms with Crippen molar-refractivity contribution in [1.82, 2.24) is 9.78 Å². The molecule has 0 aliphatic carbocycles. The van der Waals surface area contributed by atoms with Crippen molar-refractivity contribution in [1.29, 1.82) is 0 Å². The second-order valence-electron chi connectivity index (χ2n) is 4.50. The highest BCUT2D eigenvalue weighted by molar-refractivity contribution is 5.18. The van der Waals surface area contributed by atoms with Gasteiger partial charge < -0.3 is 5.73 Å². The second-order valence-corrected chi connectivity index (χ2v) is 4.50. The molecule has 2 aromatic rings. The number of aryl methyl sites for hydroxylation is 1. The molecule has 0 saturated heterocycles. The molecule has 0 aliphatic rings. The van der Waals surface area contributed by atoms with Crippen LogP contribution in [0.3, 0.4) is 0 Å². The van der Waals surface area contributed by atoms with Crippen molar-refractivity contribution >= 4 is 0 Å². The van der Waals surface area contributed by atoms with Crippen molar-refractivity contribution in [2.24, 2.45) is 5.73 Å². The van der Waals surface area contributed by atoms with Crippen LogP contribution in [-0.2, 0) is 19.4 Å². The molecule has 1 aromatic heterocycles. The number of hydrogen-bond donors (Lipinski definition) is 1. The average Bonchev–Trinajstić information content (AvgIpc) is 2.79. The maximum absolute atomic E-state index is 12.8. The first kappa shape index (κ1) is 12.8. The molecule has 0 saturated carbocycles. The number of nitrogens with two attached hydrogens (primary N) is 1. The third kappa shape index (κ3) is 3.40. The van der Waals surface area contributed by atoms with Gasteiger partial charge in [0.25, 0.3) is 0 Å². The highest BCUT2D eigenvalue weighted by Crippen LogP contribution is 2.08. The first-order chi connectivity index (χ1) is 8.67. The normalized spacial score (nSPS) is 12.6. The van der Waals surface area contributed by atoms with Gasteiger partial charge in [-0.2, -0.15) is 5.10 Å². The summed E-state index contributed by atoms with van der Waals surface area (Å²) in [4.78, 5) is 0. The van der Waals surface area contributed by atoms with E-state index in [4.69, 9.17) is 5.73 Å². The molecular weight excluding hydrogens is 229 g/mol. The summed E-state index contributed by atoms with van der Waals surface area (Å²) < 4.78 is 14.7. The molecule has 0 aliphatic heterocycles. The maximum atomic E-state index is 12.8. The number of halogens is 1. The van der Waals surface area contributed by atoms with Crippen molar-refractivity contribution < 1.29 is 4.39 Å². The van der Waals surface area contributed by atoms with Gasteiger partial charge in [0.2, 0.25) is 0 Å². The molecule has 0 amide bonds. The van der Waals surface area contributed by atoms with Gasteiger partial charge in [0, 0.05) is 18.8 Å². The van der Waals surface area contributed by atoms with Gasteiger partial charge in [-0.3, -0.25) is 4.68 Å². The molecule has 4 heteroatoms. The molecule has 18 heavy (non-hydrogen) atoms. The zero-order chi connectivity index (χ0) is 13.0. The van der Waals surface area contributed by atoms with Gasteiger partial charge in [0.15, 0.2) is 0 Å². The molecule has 2 N–H and O–H groups in total. The van der Waals surface area contributed by atoms with Crippen LogP contribution in [0.25, 0.3) is 0 Å². The monoisotopic (exact) mass is 247 g/mol. The molecule has 1 aromatic carbocycles. The molecule has 96 valence electrons. The molecule has 1 atom stereocenters. The van der Waals surface area contributed by atoms with E-state index in [1.807, 2.05) is 17.1 Å². The lowest BCUT2D eigenvalue weighted by Gasteiger charge is -2.10. The average molecular weight is 247 g/mol. The van der Waals surface area contributed by atoms with Crippen LogP contribution in [0.2, 0.25) is 0 Å². The first-order valence-electron chi connectivity index (χ1n) is 6.18. The summed E-state index contributed by atoms with van der Waals surface area (Å²) in [5.74, 6) is -0.212. The van der Waals surface area contributed by atoms with Crippen molar-refractivity contribution in [3.63, 3.8) is 0 Å². The summed E-state index contributed by atoms with van der Waals surface area (Å²) in [7, 11) is 0. The van der Waals surface area contributed by atoms with Crippen LogP contribution in [0.5, 0.6) is 0 Å². The highest BCUT2D eigenvalue weighted by Gasteiger charge is 2.07. The van der Waals surface area contributed by atoms with E-state index in [1.54, 1.807) is 12.1 Å². The zero-order valence-corrected chi connectivity index (χ0v) is 10.5. The predicted molar refractivity (Wildman–Crippen MR) is 69.7 cm³/mol. The molecule has 0 spiro atoms. The Labute approximate surface area is 106 Å². The van der Waals surface area contributed by atoms with Crippen LogP contribution in [0.1, 0.15) is 18.1 Å². The largest absolute Gasteiger partial charge is 0.327 e. The Bertz CT molecular complexity index is 490. The van der Waals surface area contributed by atoms with Gasteiger partial charge in [-0.1, -0.05) is 12.1 Å². The third-order valence-electron chi connectivity index (χ3n) is 2.92. The van der Waals surface area contributed by atoms with Crippen LogP contribution in [0.15, 0.2) is 36.7 Å². The van der Waals surface area contributed by atoms with Gasteiger partial charge in [-0.05, 0) is 43.0 Å². The summed E-state index contributed by atoms with van der Waals surface area (Å²) in [6.45, 7) is 2.92. The van der Waals surface area contributed by atoms with E-state index >= 15 is 0 Å². The molecule has 0 bridgehead atoms. The summed E-state index contributed by atoms with van der Waals surface area (Å²) >= 11 is 0. The molecule has 0 radical (unpaired) electrons.